The Morgan fingerprint density at radius 3 is 2.94 bits per heavy atom. The highest BCUT2D eigenvalue weighted by Crippen LogP contribution is 2.18. The third-order valence-corrected chi connectivity index (χ3v) is 2.85. The minimum atomic E-state index is -0.205. The summed E-state index contributed by atoms with van der Waals surface area (Å²) in [6, 6.07) is 6.83. The van der Waals surface area contributed by atoms with Crippen LogP contribution < -0.4 is 0 Å². The standard InChI is InChI=1S/C13H12FN3/c1-16-8-10(7-15-16)9-17-5-4-11-2-3-12(14)6-13(11)17/h2-8H,9H2,1H3. The molecule has 0 aliphatic rings. The van der Waals surface area contributed by atoms with Crippen LogP contribution in [0.3, 0.4) is 0 Å². The number of rotatable bonds is 2. The van der Waals surface area contributed by atoms with Crippen molar-refractivity contribution in [3.8, 4) is 0 Å². The maximum absolute atomic E-state index is 13.2. The van der Waals surface area contributed by atoms with E-state index in [1.807, 2.05) is 36.3 Å². The zero-order valence-electron chi connectivity index (χ0n) is 9.47. The van der Waals surface area contributed by atoms with Crippen molar-refractivity contribution in [1.82, 2.24) is 14.3 Å². The van der Waals surface area contributed by atoms with E-state index in [0.717, 1.165) is 16.5 Å². The number of nitrogens with zero attached hydrogens (tertiary/aromatic N) is 3. The highest BCUT2D eigenvalue weighted by atomic mass is 19.1. The molecule has 2 aromatic heterocycles. The molecule has 0 unspecified atom stereocenters. The predicted octanol–water partition coefficient (Wildman–Crippen LogP) is 2.56. The summed E-state index contributed by atoms with van der Waals surface area (Å²) in [5.41, 5.74) is 2.02. The van der Waals surface area contributed by atoms with E-state index in [-0.39, 0.29) is 5.82 Å². The lowest BCUT2D eigenvalue weighted by atomic mass is 10.2. The highest BCUT2D eigenvalue weighted by molar-refractivity contribution is 5.80. The Labute approximate surface area is 98.1 Å². The van der Waals surface area contributed by atoms with E-state index >= 15 is 0 Å². The van der Waals surface area contributed by atoms with Crippen molar-refractivity contribution in [1.29, 1.82) is 0 Å². The zero-order valence-corrected chi connectivity index (χ0v) is 9.47. The molecule has 1 aromatic carbocycles. The normalized spacial score (nSPS) is 11.2. The van der Waals surface area contributed by atoms with Crippen molar-refractivity contribution >= 4 is 10.9 Å². The largest absolute Gasteiger partial charge is 0.343 e. The SMILES string of the molecule is Cn1cc(Cn2ccc3ccc(F)cc32)cn1. The van der Waals surface area contributed by atoms with Gasteiger partial charge in [-0.15, -0.1) is 0 Å². The van der Waals surface area contributed by atoms with Gasteiger partial charge in [-0.05, 0) is 29.7 Å². The quantitative estimate of drug-likeness (QED) is 0.662. The van der Waals surface area contributed by atoms with Gasteiger partial charge in [-0.1, -0.05) is 0 Å². The van der Waals surface area contributed by atoms with Crippen LogP contribution in [0.25, 0.3) is 10.9 Å². The summed E-state index contributed by atoms with van der Waals surface area (Å²) in [5, 5.41) is 5.18. The molecule has 0 bridgehead atoms. The van der Waals surface area contributed by atoms with Crippen LogP contribution in [0.5, 0.6) is 0 Å². The molecule has 0 aliphatic heterocycles. The summed E-state index contributed by atoms with van der Waals surface area (Å²) in [6.45, 7) is 0.709. The fourth-order valence-electron chi connectivity index (χ4n) is 2.05. The van der Waals surface area contributed by atoms with Crippen LogP contribution in [-0.2, 0) is 13.6 Å². The number of aryl methyl sites for hydroxylation is 1. The van der Waals surface area contributed by atoms with Crippen LogP contribution in [0.2, 0.25) is 0 Å². The fourth-order valence-corrected chi connectivity index (χ4v) is 2.05. The average Bonchev–Trinajstić information content (AvgIpc) is 2.87. The molecular formula is C13H12FN3. The van der Waals surface area contributed by atoms with Crippen LogP contribution in [-0.4, -0.2) is 14.3 Å². The Hall–Kier alpha value is -2.10. The smallest absolute Gasteiger partial charge is 0.125 e. The minimum absolute atomic E-state index is 0.205. The van der Waals surface area contributed by atoms with Gasteiger partial charge in [-0.2, -0.15) is 5.10 Å². The molecule has 0 saturated heterocycles. The van der Waals surface area contributed by atoms with Gasteiger partial charge in [0.1, 0.15) is 5.82 Å². The Balaban J connectivity index is 2.03. The van der Waals surface area contributed by atoms with Gasteiger partial charge >= 0.3 is 0 Å². The molecule has 0 aliphatic carbocycles. The van der Waals surface area contributed by atoms with Crippen molar-refractivity contribution in [2.45, 2.75) is 6.54 Å². The van der Waals surface area contributed by atoms with E-state index in [9.17, 15) is 4.39 Å². The van der Waals surface area contributed by atoms with Crippen LogP contribution >= 0.6 is 0 Å². The van der Waals surface area contributed by atoms with E-state index in [1.165, 1.54) is 6.07 Å². The topological polar surface area (TPSA) is 22.8 Å². The Morgan fingerprint density at radius 2 is 2.18 bits per heavy atom. The number of hydrogen-bond donors (Lipinski definition) is 0. The molecule has 4 heteroatoms. The lowest BCUT2D eigenvalue weighted by Crippen LogP contribution is -1.96. The Kier molecular flexibility index (Phi) is 2.21. The predicted molar refractivity (Wildman–Crippen MR) is 64.2 cm³/mol. The third kappa shape index (κ3) is 1.82. The third-order valence-electron chi connectivity index (χ3n) is 2.85. The monoisotopic (exact) mass is 229 g/mol. The second kappa shape index (κ2) is 3.73. The van der Waals surface area contributed by atoms with E-state index in [0.29, 0.717) is 6.54 Å². The van der Waals surface area contributed by atoms with E-state index in [1.54, 1.807) is 16.8 Å². The van der Waals surface area contributed by atoms with Crippen LogP contribution in [0.1, 0.15) is 5.56 Å². The second-order valence-electron chi connectivity index (χ2n) is 4.17. The van der Waals surface area contributed by atoms with Gasteiger partial charge in [0.05, 0.1) is 18.3 Å². The molecule has 0 spiro atoms. The maximum Gasteiger partial charge on any atom is 0.125 e. The molecule has 3 nitrogen and oxygen atoms in total. The number of aromatic nitrogens is 3. The average molecular weight is 229 g/mol. The lowest BCUT2D eigenvalue weighted by Gasteiger charge is -2.03. The van der Waals surface area contributed by atoms with Gasteiger partial charge in [0.25, 0.3) is 0 Å². The Bertz CT molecular complexity index is 666. The summed E-state index contributed by atoms with van der Waals surface area (Å²) in [4.78, 5) is 0. The summed E-state index contributed by atoms with van der Waals surface area (Å²) in [6.07, 6.45) is 5.76. The van der Waals surface area contributed by atoms with Crippen molar-refractivity contribution < 1.29 is 4.39 Å². The van der Waals surface area contributed by atoms with Crippen LogP contribution in [0.4, 0.5) is 4.39 Å². The van der Waals surface area contributed by atoms with E-state index in [2.05, 4.69) is 5.10 Å². The van der Waals surface area contributed by atoms with Crippen LogP contribution in [0.15, 0.2) is 42.9 Å². The molecule has 3 rings (SSSR count). The van der Waals surface area contributed by atoms with Crippen molar-refractivity contribution in [3.63, 3.8) is 0 Å². The van der Waals surface area contributed by atoms with Gasteiger partial charge in [0, 0.05) is 25.0 Å². The van der Waals surface area contributed by atoms with Gasteiger partial charge in [-0.3, -0.25) is 4.68 Å². The molecule has 17 heavy (non-hydrogen) atoms. The molecule has 86 valence electrons. The molecule has 0 N–H and O–H groups in total. The number of hydrogen-bond acceptors (Lipinski definition) is 1. The molecule has 0 saturated carbocycles. The van der Waals surface area contributed by atoms with Crippen molar-refractivity contribution in [2.75, 3.05) is 0 Å². The first kappa shape index (κ1) is 10.1. The van der Waals surface area contributed by atoms with Crippen LogP contribution in [0, 0.1) is 5.82 Å². The molecule has 3 aromatic rings. The summed E-state index contributed by atoms with van der Waals surface area (Å²) in [5.74, 6) is -0.205. The summed E-state index contributed by atoms with van der Waals surface area (Å²) in [7, 11) is 1.89. The minimum Gasteiger partial charge on any atom is -0.343 e. The van der Waals surface area contributed by atoms with Crippen molar-refractivity contribution in [3.05, 3.63) is 54.2 Å². The molecule has 0 amide bonds. The number of benzene rings is 1. The van der Waals surface area contributed by atoms with Crippen molar-refractivity contribution in [2.24, 2.45) is 7.05 Å². The fraction of sp³-hybridized carbons (Fsp3) is 0.154. The molecule has 0 radical (unpaired) electrons. The molecule has 0 atom stereocenters. The first-order chi connectivity index (χ1) is 8.22. The zero-order chi connectivity index (χ0) is 11.8. The number of halogens is 1. The van der Waals surface area contributed by atoms with E-state index in [4.69, 9.17) is 0 Å². The van der Waals surface area contributed by atoms with E-state index < -0.39 is 0 Å². The molecule has 0 fully saturated rings. The van der Waals surface area contributed by atoms with Gasteiger partial charge < -0.3 is 4.57 Å². The molecular weight excluding hydrogens is 217 g/mol. The molecule has 2 heterocycles. The highest BCUT2D eigenvalue weighted by Gasteiger charge is 2.04. The number of fused-ring (bicyclic) bond motifs is 1. The Morgan fingerprint density at radius 1 is 1.29 bits per heavy atom. The second-order valence-corrected chi connectivity index (χ2v) is 4.17. The summed E-state index contributed by atoms with van der Waals surface area (Å²) < 4.78 is 17.0. The first-order valence-corrected chi connectivity index (χ1v) is 5.44. The van der Waals surface area contributed by atoms with Gasteiger partial charge in [-0.25, -0.2) is 4.39 Å². The maximum atomic E-state index is 13.2. The first-order valence-electron chi connectivity index (χ1n) is 5.44. The summed E-state index contributed by atoms with van der Waals surface area (Å²) >= 11 is 0. The van der Waals surface area contributed by atoms with Gasteiger partial charge in [0.2, 0.25) is 0 Å². The lowest BCUT2D eigenvalue weighted by molar-refractivity contribution is 0.628. The van der Waals surface area contributed by atoms with Gasteiger partial charge in [0.15, 0.2) is 0 Å².